The van der Waals surface area contributed by atoms with Crippen LogP contribution in [-0.4, -0.2) is 28.0 Å². The van der Waals surface area contributed by atoms with Gasteiger partial charge in [0.05, 0.1) is 59.5 Å². The van der Waals surface area contributed by atoms with Crippen LogP contribution in [0.3, 0.4) is 0 Å². The molecule has 8 heteroatoms. The number of esters is 1. The van der Waals surface area contributed by atoms with Crippen LogP contribution in [-0.2, 0) is 4.74 Å². The van der Waals surface area contributed by atoms with Gasteiger partial charge in [-0.15, -0.1) is 0 Å². The summed E-state index contributed by atoms with van der Waals surface area (Å²) >= 11 is 6.24. The number of nitrogens with zero attached hydrogens (tertiary/aromatic N) is 3. The summed E-state index contributed by atoms with van der Waals surface area (Å²) < 4.78 is 4.90. The van der Waals surface area contributed by atoms with Gasteiger partial charge in [-0.05, 0) is 30.3 Å². The van der Waals surface area contributed by atoms with E-state index in [9.17, 15) is 4.79 Å². The fourth-order valence-corrected chi connectivity index (χ4v) is 3.10. The van der Waals surface area contributed by atoms with Crippen LogP contribution in [0.4, 0.5) is 22.7 Å². The van der Waals surface area contributed by atoms with Gasteiger partial charge in [-0.1, -0.05) is 23.7 Å². The quantitative estimate of drug-likeness (QED) is 0.454. The largest absolute Gasteiger partial charge is 0.465 e. The Morgan fingerprint density at radius 1 is 1.00 bits per heavy atom. The summed E-state index contributed by atoms with van der Waals surface area (Å²) in [5, 5.41) is 7.97. The maximum atomic E-state index is 12.2. The van der Waals surface area contributed by atoms with E-state index in [-0.39, 0.29) is 0 Å². The maximum Gasteiger partial charge on any atom is 0.339 e. The number of nitrogens with one attached hydrogen (secondary N) is 2. The molecule has 2 N–H and O–H groups in total. The van der Waals surface area contributed by atoms with Gasteiger partial charge in [-0.25, -0.2) is 14.8 Å². The second kappa shape index (κ2) is 8.12. The molecule has 7 nitrogen and oxygen atoms in total. The molecule has 4 rings (SSSR count). The minimum absolute atomic E-state index is 0.413. The highest BCUT2D eigenvalue weighted by Gasteiger charge is 2.15. The van der Waals surface area contributed by atoms with E-state index in [2.05, 4.69) is 25.6 Å². The normalized spacial score (nSPS) is 10.6. The molecule has 2 aromatic heterocycles. The number of benzene rings is 2. The van der Waals surface area contributed by atoms with Crippen LogP contribution in [0.1, 0.15) is 10.4 Å². The summed E-state index contributed by atoms with van der Waals surface area (Å²) in [6.07, 6.45) is 6.46. The number of para-hydroxylation sites is 1. The molecule has 0 bridgehead atoms. The molecule has 0 saturated heterocycles. The number of pyridine rings is 1. The predicted octanol–water partition coefficient (Wildman–Crippen LogP) is 4.95. The van der Waals surface area contributed by atoms with Crippen LogP contribution < -0.4 is 10.6 Å². The van der Waals surface area contributed by atoms with Crippen molar-refractivity contribution in [3.8, 4) is 0 Å². The third-order valence-electron chi connectivity index (χ3n) is 4.26. The number of aromatic nitrogens is 3. The first-order chi connectivity index (χ1) is 14.2. The van der Waals surface area contributed by atoms with E-state index >= 15 is 0 Å². The number of fused-ring (bicyclic) bond motifs is 1. The van der Waals surface area contributed by atoms with Gasteiger partial charge in [-0.2, -0.15) is 0 Å². The lowest BCUT2D eigenvalue weighted by Gasteiger charge is -2.17. The smallest absolute Gasteiger partial charge is 0.339 e. The zero-order chi connectivity index (χ0) is 20.2. The van der Waals surface area contributed by atoms with Gasteiger partial charge in [0.25, 0.3) is 0 Å². The van der Waals surface area contributed by atoms with Crippen molar-refractivity contribution in [2.45, 2.75) is 0 Å². The average molecular weight is 406 g/mol. The third kappa shape index (κ3) is 3.95. The third-order valence-corrected chi connectivity index (χ3v) is 4.50. The Morgan fingerprint density at radius 3 is 2.59 bits per heavy atom. The van der Waals surface area contributed by atoms with Crippen LogP contribution in [0.15, 0.2) is 67.4 Å². The first kappa shape index (κ1) is 18.6. The van der Waals surface area contributed by atoms with Crippen LogP contribution in [0.5, 0.6) is 0 Å². The summed E-state index contributed by atoms with van der Waals surface area (Å²) in [6.45, 7) is 0. The molecule has 0 unspecified atom stereocenters. The molecule has 0 radical (unpaired) electrons. The van der Waals surface area contributed by atoms with Crippen molar-refractivity contribution in [3.05, 3.63) is 78.0 Å². The Kier molecular flexibility index (Phi) is 5.22. The molecule has 0 spiro atoms. The Hall–Kier alpha value is -3.71. The van der Waals surface area contributed by atoms with Crippen LogP contribution in [0.2, 0.25) is 5.02 Å². The van der Waals surface area contributed by atoms with E-state index in [0.717, 1.165) is 10.9 Å². The number of rotatable bonds is 5. The molecule has 0 fully saturated rings. The molecule has 0 aliphatic rings. The number of hydrogen-bond donors (Lipinski definition) is 2. The monoisotopic (exact) mass is 405 g/mol. The first-order valence-corrected chi connectivity index (χ1v) is 9.08. The Bertz CT molecular complexity index is 1180. The molecule has 144 valence electrons. The second-order valence-electron chi connectivity index (χ2n) is 6.12. The van der Waals surface area contributed by atoms with E-state index in [1.165, 1.54) is 13.4 Å². The summed E-state index contributed by atoms with van der Waals surface area (Å²) in [4.78, 5) is 24.7. The lowest BCUT2D eigenvalue weighted by atomic mass is 10.1. The van der Waals surface area contributed by atoms with E-state index in [0.29, 0.717) is 33.3 Å². The minimum Gasteiger partial charge on any atom is -0.465 e. The van der Waals surface area contributed by atoms with Crippen molar-refractivity contribution in [2.75, 3.05) is 17.7 Å². The fraction of sp³-hybridized carbons (Fsp3) is 0.0476. The summed E-state index contributed by atoms with van der Waals surface area (Å²) in [5.74, 6) is -0.435. The van der Waals surface area contributed by atoms with Gasteiger partial charge in [0, 0.05) is 10.4 Å². The molecule has 2 aromatic carbocycles. The molecule has 0 saturated carbocycles. The lowest BCUT2D eigenvalue weighted by Crippen LogP contribution is -2.07. The number of halogens is 1. The van der Waals surface area contributed by atoms with Crippen LogP contribution in [0, 0.1) is 0 Å². The van der Waals surface area contributed by atoms with Crippen molar-refractivity contribution in [3.63, 3.8) is 0 Å². The van der Waals surface area contributed by atoms with Crippen LogP contribution in [0.25, 0.3) is 10.9 Å². The molecular formula is C21H16ClN5O2. The number of ether oxygens (including phenoxy) is 1. The molecule has 29 heavy (non-hydrogen) atoms. The maximum absolute atomic E-state index is 12.2. The molecule has 0 atom stereocenters. The molecule has 2 heterocycles. The molecule has 4 aromatic rings. The molecule has 0 aliphatic heterocycles. The highest BCUT2D eigenvalue weighted by Crippen LogP contribution is 2.36. The number of carbonyl (C=O) groups is 1. The van der Waals surface area contributed by atoms with Gasteiger partial charge >= 0.3 is 5.97 Å². The van der Waals surface area contributed by atoms with Gasteiger partial charge in [0.2, 0.25) is 0 Å². The zero-order valence-corrected chi connectivity index (χ0v) is 16.1. The minimum atomic E-state index is -0.435. The number of hydrogen-bond acceptors (Lipinski definition) is 7. The van der Waals surface area contributed by atoms with E-state index in [1.807, 2.05) is 18.2 Å². The Labute approximate surface area is 171 Å². The predicted molar refractivity (Wildman–Crippen MR) is 113 cm³/mol. The summed E-state index contributed by atoms with van der Waals surface area (Å²) in [6, 6.07) is 12.6. The highest BCUT2D eigenvalue weighted by atomic mass is 35.5. The van der Waals surface area contributed by atoms with Crippen molar-refractivity contribution in [1.82, 2.24) is 15.0 Å². The van der Waals surface area contributed by atoms with Crippen molar-refractivity contribution in [2.24, 2.45) is 0 Å². The van der Waals surface area contributed by atoms with E-state index < -0.39 is 5.97 Å². The second-order valence-corrected chi connectivity index (χ2v) is 6.56. The highest BCUT2D eigenvalue weighted by molar-refractivity contribution is 6.31. The number of carbonyl (C=O) groups excluding carboxylic acids is 1. The summed E-state index contributed by atoms with van der Waals surface area (Å²) in [7, 11) is 1.35. The van der Waals surface area contributed by atoms with Gasteiger partial charge in [0.1, 0.15) is 6.33 Å². The number of anilines is 4. The summed E-state index contributed by atoms with van der Waals surface area (Å²) in [5.41, 5.74) is 3.84. The topological polar surface area (TPSA) is 89.0 Å². The average Bonchev–Trinajstić information content (AvgIpc) is 2.76. The van der Waals surface area contributed by atoms with Gasteiger partial charge in [-0.3, -0.25) is 4.98 Å². The zero-order valence-electron chi connectivity index (χ0n) is 15.4. The van der Waals surface area contributed by atoms with Crippen LogP contribution >= 0.6 is 11.6 Å². The Balaban J connectivity index is 1.86. The van der Waals surface area contributed by atoms with Crippen molar-refractivity contribution < 1.29 is 9.53 Å². The number of methoxy groups -OCH3 is 1. The fourth-order valence-electron chi connectivity index (χ4n) is 2.93. The van der Waals surface area contributed by atoms with Gasteiger partial charge < -0.3 is 15.4 Å². The molecule has 0 amide bonds. The van der Waals surface area contributed by atoms with E-state index in [1.54, 1.807) is 42.9 Å². The van der Waals surface area contributed by atoms with Gasteiger partial charge in [0.15, 0.2) is 0 Å². The van der Waals surface area contributed by atoms with E-state index in [4.69, 9.17) is 16.3 Å². The first-order valence-electron chi connectivity index (χ1n) is 8.70. The SMILES string of the molecule is COC(=O)c1ccccc1Nc1c(Nc2cncnc2)cnc2ccc(Cl)cc12. The molecule has 0 aliphatic carbocycles. The van der Waals surface area contributed by atoms with Crippen molar-refractivity contribution >= 4 is 51.2 Å². The molecular weight excluding hydrogens is 390 g/mol. The Morgan fingerprint density at radius 2 is 1.79 bits per heavy atom. The van der Waals surface area contributed by atoms with Crippen molar-refractivity contribution in [1.29, 1.82) is 0 Å². The standard InChI is InChI=1S/C21H16ClN5O2/c1-29-21(28)15-4-2-3-5-18(15)27-20-16-8-13(22)6-7-17(16)25-11-19(20)26-14-9-23-12-24-10-14/h2-12,26H,1H3,(H,25,27). The lowest BCUT2D eigenvalue weighted by molar-refractivity contribution is 0.0602.